The van der Waals surface area contributed by atoms with Crippen LogP contribution in [0, 0.1) is 0 Å². The molecule has 1 aromatic carbocycles. The molecule has 0 aliphatic carbocycles. The summed E-state index contributed by atoms with van der Waals surface area (Å²) >= 11 is 0. The first-order chi connectivity index (χ1) is 13.2. The molecule has 2 aromatic rings. The summed E-state index contributed by atoms with van der Waals surface area (Å²) < 4.78 is 17.1. The summed E-state index contributed by atoms with van der Waals surface area (Å²) in [5.74, 6) is 1.69. The van der Waals surface area contributed by atoms with Gasteiger partial charge in [0.2, 0.25) is 5.88 Å². The van der Waals surface area contributed by atoms with E-state index >= 15 is 0 Å². The highest BCUT2D eigenvalue weighted by molar-refractivity contribution is 5.95. The van der Waals surface area contributed by atoms with E-state index in [4.69, 9.17) is 14.2 Å². The van der Waals surface area contributed by atoms with Crippen LogP contribution in [0.1, 0.15) is 37.0 Å². The number of amides is 1. The van der Waals surface area contributed by atoms with Gasteiger partial charge in [0, 0.05) is 24.5 Å². The SMILES string of the molecule is CCOc1ccc(C(=O)N2CCCC(Oc3cnccn3)C2)cc1OCC. The minimum Gasteiger partial charge on any atom is -0.490 e. The highest BCUT2D eigenvalue weighted by Gasteiger charge is 2.26. The van der Waals surface area contributed by atoms with E-state index in [1.165, 1.54) is 0 Å². The molecule has 1 unspecified atom stereocenters. The molecular weight excluding hydrogens is 346 g/mol. The molecule has 1 aliphatic rings. The lowest BCUT2D eigenvalue weighted by Crippen LogP contribution is -2.44. The van der Waals surface area contributed by atoms with Gasteiger partial charge in [0.05, 0.1) is 26.0 Å². The second-order valence-electron chi connectivity index (χ2n) is 6.20. The first-order valence-electron chi connectivity index (χ1n) is 9.32. The van der Waals surface area contributed by atoms with Crippen molar-refractivity contribution in [1.29, 1.82) is 0 Å². The number of hydrogen-bond donors (Lipinski definition) is 0. The first kappa shape index (κ1) is 18.9. The molecule has 0 radical (unpaired) electrons. The van der Waals surface area contributed by atoms with Crippen molar-refractivity contribution in [2.45, 2.75) is 32.8 Å². The van der Waals surface area contributed by atoms with E-state index < -0.39 is 0 Å². The molecule has 1 aromatic heterocycles. The van der Waals surface area contributed by atoms with E-state index in [1.54, 1.807) is 36.8 Å². The second kappa shape index (κ2) is 9.21. The lowest BCUT2D eigenvalue weighted by Gasteiger charge is -2.32. The van der Waals surface area contributed by atoms with Crippen LogP contribution >= 0.6 is 0 Å². The molecule has 144 valence electrons. The van der Waals surface area contributed by atoms with Crippen molar-refractivity contribution >= 4 is 5.91 Å². The second-order valence-corrected chi connectivity index (χ2v) is 6.20. The number of benzene rings is 1. The highest BCUT2D eigenvalue weighted by atomic mass is 16.5. The zero-order valence-electron chi connectivity index (χ0n) is 15.8. The molecule has 0 N–H and O–H groups in total. The van der Waals surface area contributed by atoms with E-state index in [2.05, 4.69) is 9.97 Å². The highest BCUT2D eigenvalue weighted by Crippen LogP contribution is 2.29. The van der Waals surface area contributed by atoms with Gasteiger partial charge in [-0.15, -0.1) is 0 Å². The summed E-state index contributed by atoms with van der Waals surface area (Å²) in [5.41, 5.74) is 0.585. The smallest absolute Gasteiger partial charge is 0.254 e. The van der Waals surface area contributed by atoms with Crippen molar-refractivity contribution in [3.63, 3.8) is 0 Å². The number of nitrogens with zero attached hydrogens (tertiary/aromatic N) is 3. The molecule has 1 amide bonds. The Bertz CT molecular complexity index is 754. The van der Waals surface area contributed by atoms with Gasteiger partial charge in [-0.05, 0) is 44.9 Å². The van der Waals surface area contributed by atoms with E-state index in [0.29, 0.717) is 49.2 Å². The Morgan fingerprint density at radius 1 is 1.19 bits per heavy atom. The molecule has 1 saturated heterocycles. The van der Waals surface area contributed by atoms with Gasteiger partial charge in [-0.3, -0.25) is 9.78 Å². The molecule has 7 heteroatoms. The Labute approximate surface area is 159 Å². The third kappa shape index (κ3) is 4.87. The largest absolute Gasteiger partial charge is 0.490 e. The molecule has 0 bridgehead atoms. The number of piperidine rings is 1. The lowest BCUT2D eigenvalue weighted by molar-refractivity contribution is 0.0526. The quantitative estimate of drug-likeness (QED) is 0.745. The summed E-state index contributed by atoms with van der Waals surface area (Å²) in [4.78, 5) is 22.9. The fourth-order valence-corrected chi connectivity index (χ4v) is 3.10. The van der Waals surface area contributed by atoms with Crippen LogP contribution in [0.2, 0.25) is 0 Å². The van der Waals surface area contributed by atoms with Gasteiger partial charge >= 0.3 is 0 Å². The monoisotopic (exact) mass is 371 g/mol. The van der Waals surface area contributed by atoms with Crippen molar-refractivity contribution in [3.8, 4) is 17.4 Å². The maximum atomic E-state index is 13.0. The average Bonchev–Trinajstić information content (AvgIpc) is 2.70. The number of ether oxygens (including phenoxy) is 3. The van der Waals surface area contributed by atoms with Gasteiger partial charge in [-0.1, -0.05) is 0 Å². The fraction of sp³-hybridized carbons (Fsp3) is 0.450. The van der Waals surface area contributed by atoms with Gasteiger partial charge in [-0.2, -0.15) is 0 Å². The van der Waals surface area contributed by atoms with Gasteiger partial charge in [0.25, 0.3) is 5.91 Å². The summed E-state index contributed by atoms with van der Waals surface area (Å²) in [6.45, 7) is 6.10. The number of carbonyl (C=O) groups excluding carboxylic acids is 1. The molecule has 3 rings (SSSR count). The lowest BCUT2D eigenvalue weighted by atomic mass is 10.1. The molecule has 0 spiro atoms. The molecule has 7 nitrogen and oxygen atoms in total. The molecule has 1 aliphatic heterocycles. The van der Waals surface area contributed by atoms with Gasteiger partial charge in [0.15, 0.2) is 11.5 Å². The van der Waals surface area contributed by atoms with E-state index in [-0.39, 0.29) is 12.0 Å². The fourth-order valence-electron chi connectivity index (χ4n) is 3.10. The van der Waals surface area contributed by atoms with Gasteiger partial charge < -0.3 is 19.1 Å². The number of likely N-dealkylation sites (tertiary alicyclic amines) is 1. The van der Waals surface area contributed by atoms with Crippen molar-refractivity contribution < 1.29 is 19.0 Å². The third-order valence-corrected chi connectivity index (χ3v) is 4.28. The van der Waals surface area contributed by atoms with Gasteiger partial charge in [0.1, 0.15) is 6.10 Å². The predicted octanol–water partition coefficient (Wildman–Crippen LogP) is 2.96. The molecule has 2 heterocycles. The molecule has 27 heavy (non-hydrogen) atoms. The van der Waals surface area contributed by atoms with Gasteiger partial charge in [-0.25, -0.2) is 4.98 Å². The van der Waals surface area contributed by atoms with Crippen LogP contribution in [0.15, 0.2) is 36.8 Å². The van der Waals surface area contributed by atoms with E-state index in [9.17, 15) is 4.79 Å². The average molecular weight is 371 g/mol. The van der Waals surface area contributed by atoms with Crippen molar-refractivity contribution in [1.82, 2.24) is 14.9 Å². The Morgan fingerprint density at radius 2 is 2.00 bits per heavy atom. The molecule has 1 fully saturated rings. The Balaban J connectivity index is 1.70. The van der Waals surface area contributed by atoms with Crippen LogP contribution in [0.25, 0.3) is 0 Å². The predicted molar refractivity (Wildman–Crippen MR) is 100 cm³/mol. The van der Waals surface area contributed by atoms with Crippen LogP contribution in [-0.4, -0.2) is 53.2 Å². The van der Waals surface area contributed by atoms with E-state index in [1.807, 2.05) is 18.7 Å². The van der Waals surface area contributed by atoms with Crippen LogP contribution in [0.5, 0.6) is 17.4 Å². The van der Waals surface area contributed by atoms with E-state index in [0.717, 1.165) is 12.8 Å². The van der Waals surface area contributed by atoms with Crippen LogP contribution in [-0.2, 0) is 0 Å². The standard InChI is InChI=1S/C20H25N3O4/c1-3-25-17-8-7-15(12-18(17)26-4-2)20(24)23-11-5-6-16(14-23)27-19-13-21-9-10-22-19/h7-10,12-13,16H,3-6,11,14H2,1-2H3. The number of hydrogen-bond acceptors (Lipinski definition) is 6. The normalized spacial score (nSPS) is 16.7. The molecule has 0 saturated carbocycles. The van der Waals surface area contributed by atoms with Crippen LogP contribution < -0.4 is 14.2 Å². The van der Waals surface area contributed by atoms with Crippen LogP contribution in [0.3, 0.4) is 0 Å². The Kier molecular flexibility index (Phi) is 6.46. The summed E-state index contributed by atoms with van der Waals surface area (Å²) in [5, 5.41) is 0. The zero-order chi connectivity index (χ0) is 19.1. The maximum Gasteiger partial charge on any atom is 0.254 e. The summed E-state index contributed by atoms with van der Waals surface area (Å²) in [7, 11) is 0. The Hall–Kier alpha value is -2.83. The van der Waals surface area contributed by atoms with Crippen LogP contribution in [0.4, 0.5) is 0 Å². The number of aromatic nitrogens is 2. The third-order valence-electron chi connectivity index (χ3n) is 4.28. The molecule has 1 atom stereocenters. The topological polar surface area (TPSA) is 73.8 Å². The summed E-state index contributed by atoms with van der Waals surface area (Å²) in [6.07, 6.45) is 6.46. The Morgan fingerprint density at radius 3 is 2.74 bits per heavy atom. The maximum absolute atomic E-state index is 13.0. The van der Waals surface area contributed by atoms with Crippen molar-refractivity contribution in [3.05, 3.63) is 42.4 Å². The van der Waals surface area contributed by atoms with Crippen molar-refractivity contribution in [2.24, 2.45) is 0 Å². The zero-order valence-corrected chi connectivity index (χ0v) is 15.8. The first-order valence-corrected chi connectivity index (χ1v) is 9.32. The minimum absolute atomic E-state index is 0.0357. The number of carbonyl (C=O) groups is 1. The number of rotatable bonds is 7. The van der Waals surface area contributed by atoms with Crippen molar-refractivity contribution in [2.75, 3.05) is 26.3 Å². The molecular formula is C20H25N3O4. The summed E-state index contributed by atoms with van der Waals surface area (Å²) in [6, 6.07) is 5.33. The minimum atomic E-state index is -0.0894.